The third kappa shape index (κ3) is 3.27. The van der Waals surface area contributed by atoms with E-state index in [0.29, 0.717) is 11.3 Å². The number of benzene rings is 2. The highest BCUT2D eigenvalue weighted by Crippen LogP contribution is 2.36. The zero-order chi connectivity index (χ0) is 19.4. The van der Waals surface area contributed by atoms with Crippen molar-refractivity contribution in [1.29, 1.82) is 0 Å². The molecule has 7 heteroatoms. The van der Waals surface area contributed by atoms with E-state index in [-0.39, 0.29) is 6.54 Å². The standard InChI is InChI=1S/C20H22N2O5/c1-25-16-11-9-15(10-12-16)20(18(26-2)27-3)17(23)22(19(24)21-20)13-14-7-5-4-6-8-14/h4-12,18H,13H2,1-3H3,(H,21,24)/t20-/m0/s1. The van der Waals surface area contributed by atoms with Crippen LogP contribution in [0.25, 0.3) is 0 Å². The van der Waals surface area contributed by atoms with Crippen molar-refractivity contribution < 1.29 is 23.8 Å². The van der Waals surface area contributed by atoms with Crippen molar-refractivity contribution in [3.8, 4) is 5.75 Å². The molecule has 0 unspecified atom stereocenters. The van der Waals surface area contributed by atoms with E-state index in [1.807, 2.05) is 30.3 Å². The van der Waals surface area contributed by atoms with Crippen molar-refractivity contribution >= 4 is 11.9 Å². The molecule has 1 aliphatic heterocycles. The van der Waals surface area contributed by atoms with Crippen LogP contribution in [-0.4, -0.2) is 44.5 Å². The summed E-state index contributed by atoms with van der Waals surface area (Å²) in [5.74, 6) is 0.202. The molecule has 1 atom stereocenters. The van der Waals surface area contributed by atoms with Gasteiger partial charge in [0.25, 0.3) is 5.91 Å². The molecule has 2 aromatic carbocycles. The Morgan fingerprint density at radius 3 is 2.15 bits per heavy atom. The van der Waals surface area contributed by atoms with Crippen LogP contribution >= 0.6 is 0 Å². The molecule has 3 amide bonds. The lowest BCUT2D eigenvalue weighted by Gasteiger charge is -2.33. The number of nitrogens with zero attached hydrogens (tertiary/aromatic N) is 1. The predicted octanol–water partition coefficient (Wildman–Crippen LogP) is 2.26. The number of nitrogens with one attached hydrogen (secondary N) is 1. The Kier molecular flexibility index (Phi) is 5.43. The number of ether oxygens (including phenoxy) is 3. The molecular weight excluding hydrogens is 348 g/mol. The first-order valence-electron chi connectivity index (χ1n) is 8.45. The van der Waals surface area contributed by atoms with Crippen LogP contribution in [0.1, 0.15) is 11.1 Å². The largest absolute Gasteiger partial charge is 0.497 e. The molecule has 1 N–H and O–H groups in total. The Hall–Kier alpha value is -2.90. The topological polar surface area (TPSA) is 77.1 Å². The van der Waals surface area contributed by atoms with Gasteiger partial charge in [-0.3, -0.25) is 9.69 Å². The van der Waals surface area contributed by atoms with Crippen molar-refractivity contribution in [3.63, 3.8) is 0 Å². The summed E-state index contributed by atoms with van der Waals surface area (Å²) in [6.45, 7) is 0.156. The minimum Gasteiger partial charge on any atom is -0.497 e. The van der Waals surface area contributed by atoms with Gasteiger partial charge in [0.15, 0.2) is 11.8 Å². The molecule has 1 aliphatic rings. The number of carbonyl (C=O) groups is 2. The van der Waals surface area contributed by atoms with E-state index in [9.17, 15) is 9.59 Å². The third-order valence-electron chi connectivity index (χ3n) is 4.64. The highest BCUT2D eigenvalue weighted by atomic mass is 16.7. The first kappa shape index (κ1) is 18.9. The zero-order valence-corrected chi connectivity index (χ0v) is 15.5. The second-order valence-electron chi connectivity index (χ2n) is 6.15. The van der Waals surface area contributed by atoms with E-state index >= 15 is 0 Å². The molecule has 0 bridgehead atoms. The summed E-state index contributed by atoms with van der Waals surface area (Å²) >= 11 is 0. The lowest BCUT2D eigenvalue weighted by atomic mass is 9.88. The number of rotatable bonds is 7. The van der Waals surface area contributed by atoms with Crippen LogP contribution in [0.15, 0.2) is 54.6 Å². The molecule has 0 radical (unpaired) electrons. The summed E-state index contributed by atoms with van der Waals surface area (Å²) in [6.07, 6.45) is -0.997. The molecule has 1 saturated heterocycles. The second-order valence-corrected chi connectivity index (χ2v) is 6.15. The van der Waals surface area contributed by atoms with Gasteiger partial charge in [0.2, 0.25) is 0 Å². The lowest BCUT2D eigenvalue weighted by molar-refractivity contribution is -0.170. The SMILES string of the molecule is COc1ccc([C@]2(C(OC)OC)NC(=O)N(Cc3ccccc3)C2=O)cc1. The van der Waals surface area contributed by atoms with Gasteiger partial charge >= 0.3 is 6.03 Å². The highest BCUT2D eigenvalue weighted by Gasteiger charge is 2.58. The number of carbonyl (C=O) groups excluding carboxylic acids is 2. The fraction of sp³-hybridized carbons (Fsp3) is 0.300. The number of amides is 3. The predicted molar refractivity (Wildman–Crippen MR) is 98.0 cm³/mol. The van der Waals surface area contributed by atoms with Crippen LogP contribution in [0.3, 0.4) is 0 Å². The van der Waals surface area contributed by atoms with E-state index in [4.69, 9.17) is 14.2 Å². The molecule has 3 rings (SSSR count). The summed E-state index contributed by atoms with van der Waals surface area (Å²) in [5, 5.41) is 2.79. The van der Waals surface area contributed by atoms with Crippen molar-refractivity contribution in [2.24, 2.45) is 0 Å². The van der Waals surface area contributed by atoms with Crippen molar-refractivity contribution in [2.75, 3.05) is 21.3 Å². The van der Waals surface area contributed by atoms with Crippen LogP contribution in [0.2, 0.25) is 0 Å². The molecule has 0 spiro atoms. The van der Waals surface area contributed by atoms with Gasteiger partial charge in [0, 0.05) is 14.2 Å². The Labute approximate surface area is 157 Å². The minimum absolute atomic E-state index is 0.156. The number of urea groups is 1. The highest BCUT2D eigenvalue weighted by molar-refractivity contribution is 6.07. The molecule has 0 aliphatic carbocycles. The molecular formula is C20H22N2O5. The number of methoxy groups -OCH3 is 3. The average Bonchev–Trinajstić information content (AvgIpc) is 2.95. The van der Waals surface area contributed by atoms with E-state index < -0.39 is 23.8 Å². The Bertz CT molecular complexity index is 805. The maximum atomic E-state index is 13.4. The minimum atomic E-state index is -1.48. The first-order chi connectivity index (χ1) is 13.1. The van der Waals surface area contributed by atoms with E-state index in [1.165, 1.54) is 19.1 Å². The summed E-state index contributed by atoms with van der Waals surface area (Å²) in [7, 11) is 4.42. The normalized spacial score (nSPS) is 19.5. The van der Waals surface area contributed by atoms with Gasteiger partial charge < -0.3 is 19.5 Å². The monoisotopic (exact) mass is 370 g/mol. The van der Waals surface area contributed by atoms with Gasteiger partial charge in [0.05, 0.1) is 13.7 Å². The summed E-state index contributed by atoms with van der Waals surface area (Å²) < 4.78 is 16.0. The lowest BCUT2D eigenvalue weighted by Crippen LogP contribution is -2.55. The Morgan fingerprint density at radius 1 is 0.963 bits per heavy atom. The van der Waals surface area contributed by atoms with E-state index in [0.717, 1.165) is 5.56 Å². The van der Waals surface area contributed by atoms with Crippen LogP contribution in [0.5, 0.6) is 5.75 Å². The molecule has 1 heterocycles. The second kappa shape index (κ2) is 7.77. The molecule has 27 heavy (non-hydrogen) atoms. The molecule has 2 aromatic rings. The van der Waals surface area contributed by atoms with Crippen LogP contribution < -0.4 is 10.1 Å². The van der Waals surface area contributed by atoms with Crippen molar-refractivity contribution in [3.05, 3.63) is 65.7 Å². The molecule has 7 nitrogen and oxygen atoms in total. The van der Waals surface area contributed by atoms with E-state index in [1.54, 1.807) is 31.4 Å². The van der Waals surface area contributed by atoms with Gasteiger partial charge in [-0.05, 0) is 23.3 Å². The van der Waals surface area contributed by atoms with Gasteiger partial charge in [-0.25, -0.2) is 4.79 Å². The van der Waals surface area contributed by atoms with Crippen LogP contribution in [-0.2, 0) is 26.4 Å². The van der Waals surface area contributed by atoms with Crippen molar-refractivity contribution in [2.45, 2.75) is 18.4 Å². The smallest absolute Gasteiger partial charge is 0.325 e. The summed E-state index contributed by atoms with van der Waals surface area (Å²) in [6, 6.07) is 15.7. The van der Waals surface area contributed by atoms with Gasteiger partial charge in [0.1, 0.15) is 5.75 Å². The van der Waals surface area contributed by atoms with Gasteiger partial charge in [-0.1, -0.05) is 42.5 Å². The molecule has 1 fully saturated rings. The number of hydrogen-bond acceptors (Lipinski definition) is 5. The fourth-order valence-corrected chi connectivity index (χ4v) is 3.30. The summed E-state index contributed by atoms with van der Waals surface area (Å²) in [4.78, 5) is 27.3. The third-order valence-corrected chi connectivity index (χ3v) is 4.64. The van der Waals surface area contributed by atoms with Crippen LogP contribution in [0.4, 0.5) is 4.79 Å². The fourth-order valence-electron chi connectivity index (χ4n) is 3.30. The zero-order valence-electron chi connectivity index (χ0n) is 15.5. The van der Waals surface area contributed by atoms with Gasteiger partial charge in [-0.2, -0.15) is 0 Å². The van der Waals surface area contributed by atoms with Crippen LogP contribution in [0, 0.1) is 0 Å². The quantitative estimate of drug-likeness (QED) is 0.598. The summed E-state index contributed by atoms with van der Waals surface area (Å²) in [5.41, 5.74) is -0.0921. The molecule has 142 valence electrons. The number of hydrogen-bond donors (Lipinski definition) is 1. The number of imide groups is 1. The molecule has 0 aromatic heterocycles. The molecule has 0 saturated carbocycles. The Balaban J connectivity index is 2.02. The average molecular weight is 370 g/mol. The van der Waals surface area contributed by atoms with Gasteiger partial charge in [-0.15, -0.1) is 0 Å². The van der Waals surface area contributed by atoms with E-state index in [2.05, 4.69) is 5.32 Å². The van der Waals surface area contributed by atoms with Crippen molar-refractivity contribution in [1.82, 2.24) is 10.2 Å². The maximum absolute atomic E-state index is 13.4. The first-order valence-corrected chi connectivity index (χ1v) is 8.45. The Morgan fingerprint density at radius 2 is 1.59 bits per heavy atom. The maximum Gasteiger partial charge on any atom is 0.325 e.